The molecule has 3 aromatic carbocycles. The zero-order valence-corrected chi connectivity index (χ0v) is 20.5. The van der Waals surface area contributed by atoms with Crippen LogP contribution in [-0.4, -0.2) is 38.9 Å². The molecule has 38 heavy (non-hydrogen) atoms. The summed E-state index contributed by atoms with van der Waals surface area (Å²) in [5, 5.41) is 8.85. The van der Waals surface area contributed by atoms with Gasteiger partial charge >= 0.3 is 0 Å². The summed E-state index contributed by atoms with van der Waals surface area (Å²) in [6.45, 7) is 0.609. The van der Waals surface area contributed by atoms with Crippen LogP contribution in [-0.2, 0) is 0 Å². The van der Waals surface area contributed by atoms with Crippen molar-refractivity contribution in [2.45, 2.75) is 37.3 Å². The number of nitrogens with zero attached hydrogens (tertiary/aromatic N) is 2. The molecular formula is C29H26F2N6O. The molecule has 7 rings (SSSR count). The quantitative estimate of drug-likeness (QED) is 0.264. The molecule has 2 atom stereocenters. The summed E-state index contributed by atoms with van der Waals surface area (Å²) in [4.78, 5) is 27.9. The molecule has 2 unspecified atom stereocenters. The first-order valence-corrected chi connectivity index (χ1v) is 12.9. The highest BCUT2D eigenvalue weighted by molar-refractivity contribution is 5.92. The van der Waals surface area contributed by atoms with Gasteiger partial charge in [-0.05, 0) is 65.6 Å². The van der Waals surface area contributed by atoms with Crippen molar-refractivity contribution in [1.29, 1.82) is 0 Å². The third kappa shape index (κ3) is 4.17. The van der Waals surface area contributed by atoms with E-state index in [4.69, 9.17) is 0 Å². The van der Waals surface area contributed by atoms with Gasteiger partial charge in [-0.3, -0.25) is 4.79 Å². The van der Waals surface area contributed by atoms with E-state index in [0.29, 0.717) is 16.9 Å². The van der Waals surface area contributed by atoms with E-state index in [9.17, 15) is 13.6 Å². The van der Waals surface area contributed by atoms with Crippen molar-refractivity contribution >= 4 is 21.7 Å². The lowest BCUT2D eigenvalue weighted by atomic mass is 9.98. The third-order valence-corrected chi connectivity index (χ3v) is 7.64. The van der Waals surface area contributed by atoms with Crippen molar-refractivity contribution in [3.63, 3.8) is 0 Å². The molecule has 2 aromatic heterocycles. The van der Waals surface area contributed by atoms with Gasteiger partial charge in [-0.1, -0.05) is 30.3 Å². The van der Waals surface area contributed by atoms with Crippen molar-refractivity contribution in [3.05, 3.63) is 82.8 Å². The van der Waals surface area contributed by atoms with Gasteiger partial charge in [0.15, 0.2) is 0 Å². The molecular weight excluding hydrogens is 486 g/mol. The summed E-state index contributed by atoms with van der Waals surface area (Å²) >= 11 is 0. The molecule has 2 fully saturated rings. The van der Waals surface area contributed by atoms with Gasteiger partial charge in [-0.25, -0.2) is 18.7 Å². The fraction of sp³-hybridized carbons (Fsp3) is 0.276. The van der Waals surface area contributed by atoms with Crippen LogP contribution in [0.3, 0.4) is 0 Å². The van der Waals surface area contributed by atoms with Gasteiger partial charge < -0.3 is 20.6 Å². The van der Waals surface area contributed by atoms with Gasteiger partial charge in [-0.2, -0.15) is 0 Å². The third-order valence-electron chi connectivity index (χ3n) is 7.64. The highest BCUT2D eigenvalue weighted by Gasteiger charge is 2.41. The van der Waals surface area contributed by atoms with Crippen LogP contribution in [0.1, 0.15) is 43.0 Å². The first-order chi connectivity index (χ1) is 18.4. The number of rotatable bonds is 4. The van der Waals surface area contributed by atoms with Crippen LogP contribution in [0.2, 0.25) is 0 Å². The minimum Gasteiger partial charge on any atom is -0.341 e. The number of fused-ring (bicyclic) bond motifs is 2. The normalized spacial score (nSPS) is 21.0. The summed E-state index contributed by atoms with van der Waals surface area (Å²) in [6, 6.07) is 17.6. The zero-order chi connectivity index (χ0) is 25.9. The number of alkyl halides is 2. The minimum absolute atomic E-state index is 0.244. The Kier molecular flexibility index (Phi) is 5.38. The molecule has 2 aliphatic heterocycles. The molecule has 4 N–H and O–H groups in total. The van der Waals surface area contributed by atoms with E-state index in [-0.39, 0.29) is 17.8 Å². The van der Waals surface area contributed by atoms with Gasteiger partial charge in [0.25, 0.3) is 11.5 Å². The predicted octanol–water partition coefficient (Wildman–Crippen LogP) is 5.23. The Bertz CT molecular complexity index is 1740. The molecule has 0 bridgehead atoms. The van der Waals surface area contributed by atoms with E-state index < -0.39 is 18.5 Å². The summed E-state index contributed by atoms with van der Waals surface area (Å²) in [7, 11) is 0. The molecule has 0 saturated carbocycles. The van der Waals surface area contributed by atoms with Gasteiger partial charge in [0, 0.05) is 12.0 Å². The van der Waals surface area contributed by atoms with Gasteiger partial charge in [0.2, 0.25) is 0 Å². The van der Waals surface area contributed by atoms with Crippen molar-refractivity contribution in [2.24, 2.45) is 0 Å². The van der Waals surface area contributed by atoms with E-state index in [1.165, 1.54) is 6.42 Å². The molecule has 9 heteroatoms. The van der Waals surface area contributed by atoms with Gasteiger partial charge in [0.1, 0.15) is 11.6 Å². The summed E-state index contributed by atoms with van der Waals surface area (Å²) in [5.41, 5.74) is 4.12. The standard InChI is InChI=1S/C29H26F2N6O/c30-29(31)13-24(34-15-29)27-35-23-12-19(7-8-21(23)28(38)37-27)17-3-4-18-11-20(6-5-16(18)10-17)25-14-33-26(36-25)22-2-1-9-32-22/h3-8,10-12,14,22,24,32,34H,1-2,9,13,15H2,(H,33,36)(H,35,37,38). The molecule has 0 spiro atoms. The second-order valence-electron chi connectivity index (χ2n) is 10.3. The lowest BCUT2D eigenvalue weighted by Gasteiger charge is -2.11. The van der Waals surface area contributed by atoms with E-state index >= 15 is 0 Å². The van der Waals surface area contributed by atoms with Crippen LogP contribution in [0.5, 0.6) is 0 Å². The average molecular weight is 513 g/mol. The van der Waals surface area contributed by atoms with Crippen LogP contribution < -0.4 is 16.2 Å². The predicted molar refractivity (Wildman–Crippen MR) is 143 cm³/mol. The molecule has 2 saturated heterocycles. The molecule has 0 aliphatic carbocycles. The van der Waals surface area contributed by atoms with Crippen LogP contribution in [0, 0.1) is 0 Å². The Hall–Kier alpha value is -3.95. The number of hydrogen-bond donors (Lipinski definition) is 4. The van der Waals surface area contributed by atoms with Crippen LogP contribution in [0.4, 0.5) is 8.78 Å². The molecule has 4 heterocycles. The highest BCUT2D eigenvalue weighted by Crippen LogP contribution is 2.33. The number of aromatic nitrogens is 4. The monoisotopic (exact) mass is 512 g/mol. The maximum atomic E-state index is 13.7. The van der Waals surface area contributed by atoms with Crippen molar-refractivity contribution < 1.29 is 8.78 Å². The Balaban J connectivity index is 1.20. The highest BCUT2D eigenvalue weighted by atomic mass is 19.3. The maximum Gasteiger partial charge on any atom is 0.262 e. The number of nitrogens with one attached hydrogen (secondary N) is 4. The van der Waals surface area contributed by atoms with Gasteiger partial charge in [-0.15, -0.1) is 0 Å². The van der Waals surface area contributed by atoms with Crippen LogP contribution in [0.15, 0.2) is 65.6 Å². The fourth-order valence-electron chi connectivity index (χ4n) is 5.58. The molecule has 192 valence electrons. The largest absolute Gasteiger partial charge is 0.341 e. The Morgan fingerprint density at radius 1 is 0.842 bits per heavy atom. The topological polar surface area (TPSA) is 98.5 Å². The first-order valence-electron chi connectivity index (χ1n) is 12.9. The van der Waals surface area contributed by atoms with Crippen molar-refractivity contribution in [3.8, 4) is 22.4 Å². The lowest BCUT2D eigenvalue weighted by molar-refractivity contribution is 0.0208. The second-order valence-corrected chi connectivity index (χ2v) is 10.3. The minimum atomic E-state index is -2.81. The molecule has 0 amide bonds. The number of H-pyrrole nitrogens is 2. The number of hydrogen-bond acceptors (Lipinski definition) is 5. The van der Waals surface area contributed by atoms with E-state index in [1.807, 2.05) is 24.4 Å². The van der Waals surface area contributed by atoms with Gasteiger partial charge in [0.05, 0.1) is 41.4 Å². The Morgan fingerprint density at radius 2 is 1.61 bits per heavy atom. The number of halogens is 2. The smallest absolute Gasteiger partial charge is 0.262 e. The number of benzene rings is 3. The molecule has 2 aliphatic rings. The SMILES string of the molecule is O=c1[nH]c(C2CC(F)(F)CN2)nc2cc(-c3ccc4cc(-c5cnc(C6CCCN6)[nH]5)ccc4c3)ccc12. The zero-order valence-electron chi connectivity index (χ0n) is 20.5. The maximum absolute atomic E-state index is 13.7. The fourth-order valence-corrected chi connectivity index (χ4v) is 5.58. The number of imidazole rings is 1. The van der Waals surface area contributed by atoms with E-state index in [1.54, 1.807) is 6.07 Å². The Morgan fingerprint density at radius 3 is 2.37 bits per heavy atom. The second kappa shape index (κ2) is 8.82. The van der Waals surface area contributed by atoms with Crippen molar-refractivity contribution in [2.75, 3.05) is 13.1 Å². The molecule has 5 aromatic rings. The molecule has 7 nitrogen and oxygen atoms in total. The summed E-state index contributed by atoms with van der Waals surface area (Å²) in [6.07, 6.45) is 3.78. The van der Waals surface area contributed by atoms with Crippen LogP contribution in [0.25, 0.3) is 44.1 Å². The van der Waals surface area contributed by atoms with E-state index in [2.05, 4.69) is 60.9 Å². The average Bonchev–Trinajstić information content (AvgIpc) is 3.69. The Labute approximate surface area is 216 Å². The lowest BCUT2D eigenvalue weighted by Crippen LogP contribution is -2.21. The number of aromatic amines is 2. The van der Waals surface area contributed by atoms with Crippen molar-refractivity contribution in [1.82, 2.24) is 30.6 Å². The van der Waals surface area contributed by atoms with E-state index in [0.717, 1.165) is 51.9 Å². The molecule has 0 radical (unpaired) electrons. The first kappa shape index (κ1) is 23.2. The summed E-state index contributed by atoms with van der Waals surface area (Å²) < 4.78 is 27.4. The summed E-state index contributed by atoms with van der Waals surface area (Å²) in [5.74, 6) is -1.58. The van der Waals surface area contributed by atoms with Crippen LogP contribution >= 0.6 is 0 Å².